The van der Waals surface area contributed by atoms with Gasteiger partial charge in [-0.15, -0.1) is 5.10 Å². The number of halogens is 3. The second-order valence-corrected chi connectivity index (χ2v) is 6.55. The molecule has 2 aromatic carbocycles. The van der Waals surface area contributed by atoms with E-state index in [9.17, 15) is 9.18 Å². The standard InChI is InChI=1S/C18H15Cl2FN4O/c1-10(12-3-8-15(19)16(20)9-12)22-18(26)17-23-11(2)25(24-17)14-6-4-13(21)5-7-14/h3-10H,1-2H3,(H,22,26). The van der Waals surface area contributed by atoms with E-state index >= 15 is 0 Å². The van der Waals surface area contributed by atoms with Crippen molar-refractivity contribution in [3.63, 3.8) is 0 Å². The minimum atomic E-state index is -0.424. The Bertz CT molecular complexity index is 956. The highest BCUT2D eigenvalue weighted by atomic mass is 35.5. The van der Waals surface area contributed by atoms with Gasteiger partial charge in [-0.2, -0.15) is 0 Å². The lowest BCUT2D eigenvalue weighted by Gasteiger charge is -2.13. The summed E-state index contributed by atoms with van der Waals surface area (Å²) in [6, 6.07) is 10.6. The Labute approximate surface area is 159 Å². The van der Waals surface area contributed by atoms with Gasteiger partial charge in [0.25, 0.3) is 5.91 Å². The first-order valence-corrected chi connectivity index (χ1v) is 8.56. The fourth-order valence-corrected chi connectivity index (χ4v) is 2.75. The number of rotatable bonds is 4. The van der Waals surface area contributed by atoms with Crippen LogP contribution in [0.4, 0.5) is 4.39 Å². The molecule has 0 saturated carbocycles. The number of amides is 1. The maximum Gasteiger partial charge on any atom is 0.291 e. The molecule has 0 spiro atoms. The first kappa shape index (κ1) is 18.4. The molecule has 0 aliphatic heterocycles. The molecule has 0 aliphatic carbocycles. The summed E-state index contributed by atoms with van der Waals surface area (Å²) in [5.41, 5.74) is 1.43. The number of hydrogen-bond acceptors (Lipinski definition) is 3. The predicted octanol–water partition coefficient (Wildman–Crippen LogP) is 4.51. The van der Waals surface area contributed by atoms with Gasteiger partial charge in [-0.3, -0.25) is 4.79 Å². The molecule has 0 aliphatic rings. The molecule has 8 heteroatoms. The van der Waals surface area contributed by atoms with Gasteiger partial charge in [0, 0.05) is 0 Å². The maximum absolute atomic E-state index is 13.1. The number of hydrogen-bond donors (Lipinski definition) is 1. The van der Waals surface area contributed by atoms with Crippen LogP contribution in [-0.2, 0) is 0 Å². The molecule has 0 radical (unpaired) electrons. The Hall–Kier alpha value is -2.44. The molecule has 3 rings (SSSR count). The molecule has 0 saturated heterocycles. The molecule has 0 bridgehead atoms. The topological polar surface area (TPSA) is 59.8 Å². The zero-order chi connectivity index (χ0) is 18.8. The lowest BCUT2D eigenvalue weighted by atomic mass is 10.1. The number of nitrogens with one attached hydrogen (secondary N) is 1. The molecule has 0 fully saturated rings. The van der Waals surface area contributed by atoms with Crippen LogP contribution < -0.4 is 5.32 Å². The second kappa shape index (κ2) is 7.43. The molecule has 1 amide bonds. The van der Waals surface area contributed by atoms with Gasteiger partial charge in [0.15, 0.2) is 0 Å². The van der Waals surface area contributed by atoms with E-state index in [-0.39, 0.29) is 17.7 Å². The third-order valence-corrected chi connectivity index (χ3v) is 4.57. The minimum absolute atomic E-state index is 0.0266. The van der Waals surface area contributed by atoms with Gasteiger partial charge < -0.3 is 5.32 Å². The maximum atomic E-state index is 13.1. The van der Waals surface area contributed by atoms with Crippen molar-refractivity contribution in [1.29, 1.82) is 0 Å². The zero-order valence-corrected chi connectivity index (χ0v) is 15.5. The van der Waals surface area contributed by atoms with E-state index in [4.69, 9.17) is 23.2 Å². The molecular formula is C18H15Cl2FN4O. The van der Waals surface area contributed by atoms with Crippen molar-refractivity contribution in [1.82, 2.24) is 20.1 Å². The molecule has 1 atom stereocenters. The highest BCUT2D eigenvalue weighted by Crippen LogP contribution is 2.25. The van der Waals surface area contributed by atoms with Crippen molar-refractivity contribution in [3.05, 3.63) is 75.5 Å². The summed E-state index contributed by atoms with van der Waals surface area (Å²) in [5, 5.41) is 7.90. The number of carbonyl (C=O) groups excluding carboxylic acids is 1. The number of carbonyl (C=O) groups is 1. The van der Waals surface area contributed by atoms with E-state index in [1.165, 1.54) is 16.8 Å². The summed E-state index contributed by atoms with van der Waals surface area (Å²) in [7, 11) is 0. The average Bonchev–Trinajstić information content (AvgIpc) is 3.00. The highest BCUT2D eigenvalue weighted by Gasteiger charge is 2.18. The van der Waals surface area contributed by atoms with Crippen LogP contribution in [0, 0.1) is 12.7 Å². The molecule has 134 valence electrons. The number of nitrogens with zero attached hydrogens (tertiary/aromatic N) is 3. The van der Waals surface area contributed by atoms with E-state index in [2.05, 4.69) is 15.4 Å². The third-order valence-electron chi connectivity index (χ3n) is 3.83. The lowest BCUT2D eigenvalue weighted by Crippen LogP contribution is -2.27. The van der Waals surface area contributed by atoms with Gasteiger partial charge >= 0.3 is 0 Å². The van der Waals surface area contributed by atoms with Crippen molar-refractivity contribution < 1.29 is 9.18 Å². The summed E-state index contributed by atoms with van der Waals surface area (Å²) in [4.78, 5) is 16.6. The smallest absolute Gasteiger partial charge is 0.291 e. The average molecular weight is 393 g/mol. The van der Waals surface area contributed by atoms with E-state index in [0.717, 1.165) is 5.56 Å². The monoisotopic (exact) mass is 392 g/mol. The fourth-order valence-electron chi connectivity index (χ4n) is 2.44. The molecule has 26 heavy (non-hydrogen) atoms. The van der Waals surface area contributed by atoms with Crippen LogP contribution in [0.3, 0.4) is 0 Å². The molecule has 5 nitrogen and oxygen atoms in total. The normalized spacial score (nSPS) is 12.0. The van der Waals surface area contributed by atoms with Crippen LogP contribution >= 0.6 is 23.2 Å². The Morgan fingerprint density at radius 2 is 1.85 bits per heavy atom. The van der Waals surface area contributed by atoms with Crippen LogP contribution in [0.5, 0.6) is 0 Å². The number of aryl methyl sites for hydroxylation is 1. The Morgan fingerprint density at radius 3 is 2.50 bits per heavy atom. The highest BCUT2D eigenvalue weighted by molar-refractivity contribution is 6.42. The van der Waals surface area contributed by atoms with Crippen LogP contribution in [0.2, 0.25) is 10.0 Å². The van der Waals surface area contributed by atoms with Crippen LogP contribution in [-0.4, -0.2) is 20.7 Å². The number of aromatic nitrogens is 3. The van der Waals surface area contributed by atoms with E-state index in [1.807, 2.05) is 6.92 Å². The van der Waals surface area contributed by atoms with E-state index in [1.54, 1.807) is 37.3 Å². The molecule has 1 unspecified atom stereocenters. The van der Waals surface area contributed by atoms with Crippen molar-refractivity contribution in [2.45, 2.75) is 19.9 Å². The minimum Gasteiger partial charge on any atom is -0.343 e. The first-order chi connectivity index (χ1) is 12.3. The zero-order valence-electron chi connectivity index (χ0n) is 14.0. The molecule has 1 heterocycles. The lowest BCUT2D eigenvalue weighted by molar-refractivity contribution is 0.0929. The molecule has 1 aromatic heterocycles. The summed E-state index contributed by atoms with van der Waals surface area (Å²) in [6.07, 6.45) is 0. The Balaban J connectivity index is 1.78. The summed E-state index contributed by atoms with van der Waals surface area (Å²) in [6.45, 7) is 3.54. The van der Waals surface area contributed by atoms with Crippen LogP contribution in [0.25, 0.3) is 5.69 Å². The largest absolute Gasteiger partial charge is 0.343 e. The van der Waals surface area contributed by atoms with Crippen molar-refractivity contribution >= 4 is 29.1 Å². The van der Waals surface area contributed by atoms with Gasteiger partial charge in [-0.05, 0) is 55.8 Å². The third kappa shape index (κ3) is 3.86. The molecular weight excluding hydrogens is 378 g/mol. The summed E-state index contributed by atoms with van der Waals surface area (Å²) in [5.74, 6) is -0.227. The van der Waals surface area contributed by atoms with Crippen LogP contribution in [0.1, 0.15) is 35.0 Å². The van der Waals surface area contributed by atoms with Gasteiger partial charge in [0.2, 0.25) is 5.82 Å². The van der Waals surface area contributed by atoms with E-state index < -0.39 is 5.91 Å². The Morgan fingerprint density at radius 1 is 1.15 bits per heavy atom. The van der Waals surface area contributed by atoms with Crippen molar-refractivity contribution in [2.24, 2.45) is 0 Å². The van der Waals surface area contributed by atoms with Gasteiger partial charge in [0.05, 0.1) is 21.8 Å². The molecule has 3 aromatic rings. The first-order valence-electron chi connectivity index (χ1n) is 7.80. The second-order valence-electron chi connectivity index (χ2n) is 5.74. The van der Waals surface area contributed by atoms with Crippen molar-refractivity contribution in [2.75, 3.05) is 0 Å². The van der Waals surface area contributed by atoms with Crippen molar-refractivity contribution in [3.8, 4) is 5.69 Å². The predicted molar refractivity (Wildman–Crippen MR) is 98.4 cm³/mol. The number of benzene rings is 2. The summed E-state index contributed by atoms with van der Waals surface area (Å²) >= 11 is 11.9. The van der Waals surface area contributed by atoms with E-state index in [0.29, 0.717) is 21.6 Å². The SMILES string of the molecule is Cc1nc(C(=O)NC(C)c2ccc(Cl)c(Cl)c2)nn1-c1ccc(F)cc1. The fraction of sp³-hybridized carbons (Fsp3) is 0.167. The molecule has 1 N–H and O–H groups in total. The van der Waals surface area contributed by atoms with Gasteiger partial charge in [0.1, 0.15) is 11.6 Å². The van der Waals surface area contributed by atoms with Crippen LogP contribution in [0.15, 0.2) is 42.5 Å². The van der Waals surface area contributed by atoms with Gasteiger partial charge in [-0.25, -0.2) is 14.1 Å². The quantitative estimate of drug-likeness (QED) is 0.710. The summed E-state index contributed by atoms with van der Waals surface area (Å²) < 4.78 is 14.6. The Kier molecular flexibility index (Phi) is 5.25. The van der Waals surface area contributed by atoms with Gasteiger partial charge in [-0.1, -0.05) is 29.3 Å².